The SMILES string of the molecule is CC.COC(=O)C(CCC=O)NC(CCCCNC(=O)C(N)Cc1ccc2ccccc2c1)C(=O)OC(C)(C)C.COC(C)(C)C.NC=O. The van der Waals surface area contributed by atoms with Crippen molar-refractivity contribution in [2.75, 3.05) is 20.8 Å². The van der Waals surface area contributed by atoms with Crippen LogP contribution in [-0.2, 0) is 44.6 Å². The van der Waals surface area contributed by atoms with Gasteiger partial charge in [0.1, 0.15) is 24.0 Å². The van der Waals surface area contributed by atoms with E-state index in [0.29, 0.717) is 38.5 Å². The molecule has 0 aliphatic carbocycles. The third kappa shape index (κ3) is 23.2. The molecule has 0 aromatic heterocycles. The van der Waals surface area contributed by atoms with Crippen molar-refractivity contribution in [1.82, 2.24) is 10.6 Å². The second-order valence-corrected chi connectivity index (χ2v) is 12.8. The topological polar surface area (TPSA) is 189 Å². The van der Waals surface area contributed by atoms with E-state index in [4.69, 9.17) is 24.7 Å². The summed E-state index contributed by atoms with van der Waals surface area (Å²) in [6.45, 7) is 15.8. The van der Waals surface area contributed by atoms with Crippen molar-refractivity contribution >= 4 is 41.3 Å². The Morgan fingerprint density at radius 1 is 0.837 bits per heavy atom. The largest absolute Gasteiger partial charge is 0.468 e. The van der Waals surface area contributed by atoms with Crippen molar-refractivity contribution in [2.24, 2.45) is 11.5 Å². The minimum absolute atomic E-state index is 0.0417. The van der Waals surface area contributed by atoms with Gasteiger partial charge in [0.15, 0.2) is 0 Å². The van der Waals surface area contributed by atoms with Crippen LogP contribution in [0.25, 0.3) is 10.8 Å². The summed E-state index contributed by atoms with van der Waals surface area (Å²) in [5.41, 5.74) is 10.6. The van der Waals surface area contributed by atoms with Crippen LogP contribution in [-0.4, -0.2) is 80.6 Å². The molecular formula is C37H62N4O8. The molecule has 0 bridgehead atoms. The Hall–Kier alpha value is -3.87. The maximum atomic E-state index is 12.8. The minimum atomic E-state index is -0.810. The number of ether oxygens (including phenoxy) is 3. The van der Waals surface area contributed by atoms with Gasteiger partial charge in [-0.2, -0.15) is 0 Å². The van der Waals surface area contributed by atoms with E-state index in [-0.39, 0.29) is 30.8 Å². The smallest absolute Gasteiger partial charge is 0.323 e. The van der Waals surface area contributed by atoms with Gasteiger partial charge in [-0.1, -0.05) is 56.3 Å². The fraction of sp³-hybridized carbons (Fsp3) is 0.595. The Balaban J connectivity index is 0. The van der Waals surface area contributed by atoms with Gasteiger partial charge in [0.25, 0.3) is 0 Å². The molecule has 2 aromatic rings. The number of amides is 2. The number of benzene rings is 2. The lowest BCUT2D eigenvalue weighted by molar-refractivity contribution is -0.158. The third-order valence-corrected chi connectivity index (χ3v) is 6.59. The van der Waals surface area contributed by atoms with Crippen LogP contribution >= 0.6 is 0 Å². The molecule has 0 aliphatic heterocycles. The van der Waals surface area contributed by atoms with Crippen molar-refractivity contribution in [3.63, 3.8) is 0 Å². The van der Waals surface area contributed by atoms with Crippen LogP contribution in [0.3, 0.4) is 0 Å². The molecule has 2 aromatic carbocycles. The molecule has 49 heavy (non-hydrogen) atoms. The summed E-state index contributed by atoms with van der Waals surface area (Å²) in [5.74, 6) is -1.27. The molecular weight excluding hydrogens is 628 g/mol. The summed E-state index contributed by atoms with van der Waals surface area (Å²) in [5, 5.41) is 8.11. The predicted octanol–water partition coefficient (Wildman–Crippen LogP) is 4.38. The first kappa shape index (κ1) is 47.2. The zero-order valence-corrected chi connectivity index (χ0v) is 31.3. The zero-order valence-electron chi connectivity index (χ0n) is 31.3. The quantitative estimate of drug-likeness (QED) is 0.119. The van der Waals surface area contributed by atoms with E-state index in [1.165, 1.54) is 7.11 Å². The summed E-state index contributed by atoms with van der Waals surface area (Å²) in [6, 6.07) is 11.8. The van der Waals surface area contributed by atoms with Crippen LogP contribution in [0, 0.1) is 0 Å². The standard InChI is InChI=1S/C29H41N3O6.C5H12O.C2H6.CH3NO/c1-29(2,3)38-28(36)25(32-24(13-9-17-33)27(35)37-4)12-7-8-16-31-26(34)23(30)19-20-14-15-21-10-5-6-11-22(21)18-20;1-5(2,3)6-4;1-2;2-1-3/h5-6,10-11,14-15,17-18,23-25,32H,7-9,12-13,16,19,30H2,1-4H3,(H,31,34);1-4H3;1-2H3;1H,(H2,2,3). The molecule has 12 nitrogen and oxygen atoms in total. The molecule has 12 heteroatoms. The van der Waals surface area contributed by atoms with E-state index < -0.39 is 35.7 Å². The molecule has 0 fully saturated rings. The fourth-order valence-electron chi connectivity index (χ4n) is 4.06. The van der Waals surface area contributed by atoms with Crippen LogP contribution in [0.1, 0.15) is 93.1 Å². The molecule has 0 heterocycles. The van der Waals surface area contributed by atoms with E-state index in [0.717, 1.165) is 16.3 Å². The van der Waals surface area contributed by atoms with Crippen molar-refractivity contribution in [3.8, 4) is 0 Å². The van der Waals surface area contributed by atoms with Gasteiger partial charge in [-0.05, 0) is 90.0 Å². The Labute approximate surface area is 293 Å². The van der Waals surface area contributed by atoms with Crippen molar-refractivity contribution in [2.45, 2.75) is 123 Å². The van der Waals surface area contributed by atoms with Gasteiger partial charge in [-0.3, -0.25) is 24.5 Å². The summed E-state index contributed by atoms with van der Waals surface area (Å²) >= 11 is 0. The van der Waals surface area contributed by atoms with Gasteiger partial charge in [-0.15, -0.1) is 0 Å². The monoisotopic (exact) mass is 690 g/mol. The first-order valence-electron chi connectivity index (χ1n) is 16.7. The number of esters is 2. The van der Waals surface area contributed by atoms with E-state index in [1.54, 1.807) is 27.9 Å². The van der Waals surface area contributed by atoms with Gasteiger partial charge >= 0.3 is 11.9 Å². The Morgan fingerprint density at radius 2 is 1.39 bits per heavy atom. The van der Waals surface area contributed by atoms with Crippen LogP contribution < -0.4 is 22.1 Å². The molecule has 2 amide bonds. The number of fused-ring (bicyclic) bond motifs is 1. The summed E-state index contributed by atoms with van der Waals surface area (Å²) < 4.78 is 15.3. The number of nitrogens with one attached hydrogen (secondary N) is 2. The highest BCUT2D eigenvalue weighted by Crippen LogP contribution is 2.17. The number of unbranched alkanes of at least 4 members (excludes halogenated alkanes) is 1. The van der Waals surface area contributed by atoms with Crippen LogP contribution in [0.2, 0.25) is 0 Å². The second-order valence-electron chi connectivity index (χ2n) is 12.8. The predicted molar refractivity (Wildman–Crippen MR) is 195 cm³/mol. The van der Waals surface area contributed by atoms with Gasteiger partial charge in [0.2, 0.25) is 12.3 Å². The highest BCUT2D eigenvalue weighted by atomic mass is 16.6. The lowest BCUT2D eigenvalue weighted by atomic mass is 10.0. The van der Waals surface area contributed by atoms with Crippen LogP contribution in [0.5, 0.6) is 0 Å². The highest BCUT2D eigenvalue weighted by molar-refractivity contribution is 5.84. The number of hydrogen-bond acceptors (Lipinski definition) is 10. The van der Waals surface area contributed by atoms with Crippen molar-refractivity contribution in [3.05, 3.63) is 48.0 Å². The van der Waals surface area contributed by atoms with E-state index in [2.05, 4.69) is 16.4 Å². The first-order valence-corrected chi connectivity index (χ1v) is 16.7. The number of aldehydes is 1. The summed E-state index contributed by atoms with van der Waals surface area (Å²) in [4.78, 5) is 56.9. The number of hydrogen-bond donors (Lipinski definition) is 4. The van der Waals surface area contributed by atoms with Crippen molar-refractivity contribution < 1.29 is 38.2 Å². The van der Waals surface area contributed by atoms with Gasteiger partial charge in [0.05, 0.1) is 18.8 Å². The second kappa shape index (κ2) is 26.1. The molecule has 0 radical (unpaired) electrons. The number of nitrogens with two attached hydrogens (primary N) is 2. The van der Waals surface area contributed by atoms with Gasteiger partial charge in [0, 0.05) is 20.1 Å². The normalized spacial score (nSPS) is 12.6. The number of primary amides is 1. The molecule has 0 aliphatic rings. The first-order chi connectivity index (χ1) is 23.0. The maximum Gasteiger partial charge on any atom is 0.323 e. The highest BCUT2D eigenvalue weighted by Gasteiger charge is 2.30. The average Bonchev–Trinajstić information content (AvgIpc) is 3.05. The molecule has 0 saturated heterocycles. The van der Waals surface area contributed by atoms with Crippen LogP contribution in [0.4, 0.5) is 0 Å². The van der Waals surface area contributed by atoms with E-state index >= 15 is 0 Å². The molecule has 3 unspecified atom stereocenters. The molecule has 0 saturated carbocycles. The lowest BCUT2D eigenvalue weighted by Crippen LogP contribution is -2.49. The number of methoxy groups -OCH3 is 2. The Bertz CT molecular complexity index is 1240. The molecule has 6 N–H and O–H groups in total. The molecule has 278 valence electrons. The molecule has 3 atom stereocenters. The van der Waals surface area contributed by atoms with Crippen LogP contribution in [0.15, 0.2) is 42.5 Å². The summed E-state index contributed by atoms with van der Waals surface area (Å²) in [7, 11) is 2.97. The van der Waals surface area contributed by atoms with E-state index in [9.17, 15) is 19.2 Å². The lowest BCUT2D eigenvalue weighted by Gasteiger charge is -2.27. The minimum Gasteiger partial charge on any atom is -0.468 e. The molecule has 0 spiro atoms. The maximum absolute atomic E-state index is 12.8. The summed E-state index contributed by atoms with van der Waals surface area (Å²) in [6.07, 6.45) is 3.32. The Morgan fingerprint density at radius 3 is 1.90 bits per heavy atom. The number of rotatable bonds is 15. The Kier molecular flexibility index (Phi) is 25.1. The number of carbonyl (C=O) groups excluding carboxylic acids is 5. The fourth-order valence-corrected chi connectivity index (χ4v) is 4.06. The third-order valence-electron chi connectivity index (χ3n) is 6.59. The van der Waals surface area contributed by atoms with Gasteiger partial charge < -0.3 is 35.8 Å². The average molecular weight is 691 g/mol. The number of carbonyl (C=O) groups is 5. The van der Waals surface area contributed by atoms with E-state index in [1.807, 2.05) is 77.1 Å². The molecule has 2 rings (SSSR count). The van der Waals surface area contributed by atoms with Crippen molar-refractivity contribution in [1.29, 1.82) is 0 Å². The zero-order chi connectivity index (χ0) is 38.0. The van der Waals surface area contributed by atoms with Gasteiger partial charge in [-0.25, -0.2) is 0 Å².